The van der Waals surface area contributed by atoms with Gasteiger partial charge in [0.05, 0.1) is 17.0 Å². The van der Waals surface area contributed by atoms with Crippen molar-refractivity contribution in [2.75, 3.05) is 6.61 Å². The van der Waals surface area contributed by atoms with E-state index in [0.29, 0.717) is 16.7 Å². The van der Waals surface area contributed by atoms with E-state index in [9.17, 15) is 18.3 Å². The van der Waals surface area contributed by atoms with Crippen molar-refractivity contribution in [1.82, 2.24) is 4.72 Å². The zero-order valence-electron chi connectivity index (χ0n) is 16.8. The van der Waals surface area contributed by atoms with Crippen LogP contribution in [0.3, 0.4) is 0 Å². The predicted molar refractivity (Wildman–Crippen MR) is 115 cm³/mol. The number of carboxylic acid groups (broad SMARTS) is 1. The number of fused-ring (bicyclic) bond motifs is 4. The van der Waals surface area contributed by atoms with Gasteiger partial charge in [0.15, 0.2) is 18.1 Å². The predicted octanol–water partition coefficient (Wildman–Crippen LogP) is 2.26. The van der Waals surface area contributed by atoms with Crippen LogP contribution in [0.5, 0.6) is 11.5 Å². The first-order chi connectivity index (χ1) is 15.3. The van der Waals surface area contributed by atoms with Gasteiger partial charge < -0.3 is 19.7 Å². The Morgan fingerprint density at radius 3 is 2.66 bits per heavy atom. The van der Waals surface area contributed by atoms with Gasteiger partial charge in [-0.25, -0.2) is 17.9 Å². The lowest BCUT2D eigenvalue weighted by molar-refractivity contribution is -0.139. The van der Waals surface area contributed by atoms with Crippen molar-refractivity contribution in [3.8, 4) is 11.5 Å². The summed E-state index contributed by atoms with van der Waals surface area (Å²) in [5, 5.41) is 21.0. The Hall–Kier alpha value is -3.14. The van der Waals surface area contributed by atoms with E-state index in [1.807, 2.05) is 18.2 Å². The lowest BCUT2D eigenvalue weighted by atomic mass is 9.94. The molecule has 1 aliphatic heterocycles. The number of sulfonamides is 1. The first-order valence-electron chi connectivity index (χ1n) is 10.2. The number of carbonyl (C=O) groups is 1. The van der Waals surface area contributed by atoms with Gasteiger partial charge in [-0.2, -0.15) is 0 Å². The number of aliphatic hydroxyl groups excluding tert-OH is 1. The highest BCUT2D eigenvalue weighted by molar-refractivity contribution is 7.89. The molecule has 8 nitrogen and oxygen atoms in total. The van der Waals surface area contributed by atoms with Gasteiger partial charge in [0.1, 0.15) is 6.10 Å². The van der Waals surface area contributed by atoms with Crippen molar-refractivity contribution in [2.24, 2.45) is 0 Å². The van der Waals surface area contributed by atoms with Crippen LogP contribution in [0, 0.1) is 0 Å². The van der Waals surface area contributed by atoms with E-state index in [-0.39, 0.29) is 17.1 Å². The van der Waals surface area contributed by atoms with Gasteiger partial charge in [-0.05, 0) is 17.5 Å². The largest absolute Gasteiger partial charge is 0.485 e. The maximum atomic E-state index is 13.3. The Morgan fingerprint density at radius 1 is 1.09 bits per heavy atom. The normalized spacial score (nSPS) is 24.0. The minimum Gasteiger partial charge on any atom is -0.485 e. The van der Waals surface area contributed by atoms with Crippen LogP contribution >= 0.6 is 0 Å². The summed E-state index contributed by atoms with van der Waals surface area (Å²) >= 11 is 0. The molecule has 4 unspecified atom stereocenters. The van der Waals surface area contributed by atoms with Gasteiger partial charge in [-0.15, -0.1) is 0 Å². The number of benzene rings is 3. The molecule has 9 heteroatoms. The van der Waals surface area contributed by atoms with Gasteiger partial charge in [-0.3, -0.25) is 0 Å². The third-order valence-electron chi connectivity index (χ3n) is 6.00. The first-order valence-corrected chi connectivity index (χ1v) is 11.7. The summed E-state index contributed by atoms with van der Waals surface area (Å²) in [6.45, 7) is -0.519. The third kappa shape index (κ3) is 3.48. The van der Waals surface area contributed by atoms with E-state index >= 15 is 0 Å². The summed E-state index contributed by atoms with van der Waals surface area (Å²) in [4.78, 5) is 11.0. The zero-order chi connectivity index (χ0) is 22.5. The van der Waals surface area contributed by atoms with Crippen molar-refractivity contribution >= 4 is 26.8 Å². The molecule has 0 aromatic heterocycles. The average Bonchev–Trinajstić information content (AvgIpc) is 3.27. The minimum atomic E-state index is -3.95. The summed E-state index contributed by atoms with van der Waals surface area (Å²) in [5.41, 5.74) is 0.681. The molecular formula is C23H21NO7S. The van der Waals surface area contributed by atoms with Gasteiger partial charge in [0.2, 0.25) is 10.0 Å². The number of para-hydroxylation sites is 1. The molecule has 4 atom stereocenters. The summed E-state index contributed by atoms with van der Waals surface area (Å²) in [6.07, 6.45) is -1.15. The Bertz CT molecular complexity index is 1300. The van der Waals surface area contributed by atoms with Crippen molar-refractivity contribution in [2.45, 2.75) is 35.5 Å². The molecule has 3 aromatic rings. The van der Waals surface area contributed by atoms with Gasteiger partial charge in [0, 0.05) is 23.3 Å². The summed E-state index contributed by atoms with van der Waals surface area (Å²) < 4.78 is 40.7. The first kappa shape index (κ1) is 20.7. The van der Waals surface area contributed by atoms with Crippen LogP contribution in [-0.2, 0) is 14.8 Å². The fourth-order valence-electron chi connectivity index (χ4n) is 4.67. The Balaban J connectivity index is 1.48. The van der Waals surface area contributed by atoms with Gasteiger partial charge in [0.25, 0.3) is 0 Å². The minimum absolute atomic E-state index is 0.143. The third-order valence-corrected chi connectivity index (χ3v) is 7.51. The Labute approximate surface area is 184 Å². The van der Waals surface area contributed by atoms with Crippen molar-refractivity contribution in [3.63, 3.8) is 0 Å². The van der Waals surface area contributed by atoms with Crippen LogP contribution in [0.1, 0.15) is 17.9 Å². The fraction of sp³-hybridized carbons (Fsp3) is 0.261. The highest BCUT2D eigenvalue weighted by atomic mass is 32.2. The lowest BCUT2D eigenvalue weighted by Gasteiger charge is -2.22. The molecule has 5 rings (SSSR count). The molecule has 0 saturated heterocycles. The number of ether oxygens (including phenoxy) is 2. The molecule has 1 saturated carbocycles. The van der Waals surface area contributed by atoms with E-state index in [4.69, 9.17) is 14.6 Å². The smallest absolute Gasteiger partial charge is 0.341 e. The standard InChI is InChI=1S/C23H21NO7S/c25-16-11-18-21(15-8-4-9-17(23(15)31-18)30-12-20(26)27)22(16)24-32(28,29)19-10-3-6-13-5-1-2-7-14(13)19/h1-10,16,18,21-22,24-25H,11-12H2,(H,26,27). The topological polar surface area (TPSA) is 122 Å². The van der Waals surface area contributed by atoms with E-state index in [2.05, 4.69) is 4.72 Å². The molecule has 3 aromatic carbocycles. The second-order valence-electron chi connectivity index (χ2n) is 7.97. The van der Waals surface area contributed by atoms with Gasteiger partial charge in [-0.1, -0.05) is 48.5 Å². The summed E-state index contributed by atoms with van der Waals surface area (Å²) in [6, 6.07) is 16.6. The molecule has 0 radical (unpaired) electrons. The molecule has 32 heavy (non-hydrogen) atoms. The van der Waals surface area contributed by atoms with Crippen LogP contribution in [0.2, 0.25) is 0 Å². The van der Waals surface area contributed by atoms with E-state index in [1.54, 1.807) is 42.5 Å². The van der Waals surface area contributed by atoms with Crippen LogP contribution in [-0.4, -0.2) is 49.5 Å². The maximum absolute atomic E-state index is 13.3. The number of carboxylic acids is 1. The van der Waals surface area contributed by atoms with Crippen LogP contribution < -0.4 is 14.2 Å². The monoisotopic (exact) mass is 455 g/mol. The SMILES string of the molecule is O=C(O)COc1cccc2c1OC1CC(O)C(NS(=O)(=O)c3cccc4ccccc34)C21. The molecule has 0 spiro atoms. The van der Waals surface area contributed by atoms with Crippen LogP contribution in [0.15, 0.2) is 65.6 Å². The van der Waals surface area contributed by atoms with E-state index < -0.39 is 46.8 Å². The van der Waals surface area contributed by atoms with Gasteiger partial charge >= 0.3 is 5.97 Å². The number of hydrogen-bond donors (Lipinski definition) is 3. The van der Waals surface area contributed by atoms with Crippen molar-refractivity contribution < 1.29 is 32.9 Å². The Morgan fingerprint density at radius 2 is 1.84 bits per heavy atom. The Kier molecular flexibility index (Phi) is 5.04. The summed E-state index contributed by atoms with van der Waals surface area (Å²) in [7, 11) is -3.95. The quantitative estimate of drug-likeness (QED) is 0.521. The second kappa shape index (κ2) is 7.77. The second-order valence-corrected chi connectivity index (χ2v) is 9.65. The molecular weight excluding hydrogens is 434 g/mol. The molecule has 166 valence electrons. The highest BCUT2D eigenvalue weighted by Crippen LogP contribution is 2.51. The molecule has 0 bridgehead atoms. The molecule has 1 aliphatic carbocycles. The van der Waals surface area contributed by atoms with Crippen molar-refractivity contribution in [1.29, 1.82) is 0 Å². The van der Waals surface area contributed by atoms with Crippen LogP contribution in [0.4, 0.5) is 0 Å². The fourth-order valence-corrected chi connectivity index (χ4v) is 6.19. The van der Waals surface area contributed by atoms with Crippen LogP contribution in [0.25, 0.3) is 10.8 Å². The number of aliphatic hydroxyl groups is 1. The molecule has 1 fully saturated rings. The highest BCUT2D eigenvalue weighted by Gasteiger charge is 2.51. The molecule has 0 amide bonds. The lowest BCUT2D eigenvalue weighted by Crippen LogP contribution is -2.43. The maximum Gasteiger partial charge on any atom is 0.341 e. The van der Waals surface area contributed by atoms with E-state index in [0.717, 1.165) is 5.39 Å². The molecule has 2 aliphatic rings. The average molecular weight is 455 g/mol. The zero-order valence-corrected chi connectivity index (χ0v) is 17.7. The van der Waals surface area contributed by atoms with E-state index in [1.165, 1.54) is 0 Å². The van der Waals surface area contributed by atoms with Crippen molar-refractivity contribution in [3.05, 3.63) is 66.2 Å². The number of nitrogens with one attached hydrogen (secondary N) is 1. The molecule has 3 N–H and O–H groups in total. The number of rotatable bonds is 6. The number of hydrogen-bond acceptors (Lipinski definition) is 6. The molecule has 1 heterocycles. The number of aliphatic carboxylic acids is 1. The summed E-state index contributed by atoms with van der Waals surface area (Å²) in [5.74, 6) is -0.871.